The highest BCUT2D eigenvalue weighted by Crippen LogP contribution is 2.58. The van der Waals surface area contributed by atoms with Crippen molar-refractivity contribution in [2.45, 2.75) is 9.79 Å². The summed E-state index contributed by atoms with van der Waals surface area (Å²) in [6.45, 7) is 0. The monoisotopic (exact) mass is 316 g/mol. The van der Waals surface area contributed by atoms with E-state index in [4.69, 9.17) is 11.6 Å². The van der Waals surface area contributed by atoms with Crippen molar-refractivity contribution in [2.75, 3.05) is 0 Å². The van der Waals surface area contributed by atoms with Crippen molar-refractivity contribution >= 4 is 63.9 Å². The number of allylic oxidation sites excluding steroid dienone is 1. The fourth-order valence-corrected chi connectivity index (χ4v) is 6.50. The van der Waals surface area contributed by atoms with Crippen molar-refractivity contribution in [1.82, 2.24) is 0 Å². The molecule has 0 N–H and O–H groups in total. The molecule has 0 saturated carbocycles. The fraction of sp³-hybridized carbons (Fsp3) is 0. The van der Waals surface area contributed by atoms with E-state index in [9.17, 15) is 4.79 Å². The molecule has 0 aliphatic carbocycles. The second kappa shape index (κ2) is 4.97. The molecule has 17 heavy (non-hydrogen) atoms. The lowest BCUT2D eigenvalue weighted by atomic mass is 10.4. The Bertz CT molecular complexity index is 537. The average Bonchev–Trinajstić information content (AvgIpc) is 2.95. The number of halogens is 1. The molecule has 86 valence electrons. The SMILES string of the molecule is O=C(Cl)C1=CSC(=C2Sc3ccccc3S2)S1. The Labute approximate surface area is 121 Å². The van der Waals surface area contributed by atoms with Gasteiger partial charge in [0, 0.05) is 9.79 Å². The van der Waals surface area contributed by atoms with E-state index >= 15 is 0 Å². The molecule has 0 radical (unpaired) electrons. The first kappa shape index (κ1) is 12.1. The lowest BCUT2D eigenvalue weighted by Gasteiger charge is -1.99. The third-order valence-electron chi connectivity index (χ3n) is 2.09. The van der Waals surface area contributed by atoms with Crippen LogP contribution in [0, 0.1) is 0 Å². The predicted molar refractivity (Wildman–Crippen MR) is 79.3 cm³/mol. The molecule has 1 aromatic carbocycles. The van der Waals surface area contributed by atoms with Gasteiger partial charge in [0.15, 0.2) is 0 Å². The number of hydrogen-bond donors (Lipinski definition) is 0. The lowest BCUT2D eigenvalue weighted by Crippen LogP contribution is -1.83. The van der Waals surface area contributed by atoms with Crippen LogP contribution in [0.1, 0.15) is 0 Å². The average molecular weight is 317 g/mol. The summed E-state index contributed by atoms with van der Waals surface area (Å²) >= 11 is 12.0. The Hall–Kier alpha value is 0.0600. The van der Waals surface area contributed by atoms with Gasteiger partial charge < -0.3 is 0 Å². The normalized spacial score (nSPS) is 18.3. The van der Waals surface area contributed by atoms with E-state index in [1.165, 1.54) is 25.8 Å². The van der Waals surface area contributed by atoms with Crippen LogP contribution in [0.5, 0.6) is 0 Å². The van der Waals surface area contributed by atoms with Crippen molar-refractivity contribution in [3.63, 3.8) is 0 Å². The van der Waals surface area contributed by atoms with Crippen LogP contribution in [0.25, 0.3) is 0 Å². The third kappa shape index (κ3) is 2.44. The molecule has 1 aromatic rings. The van der Waals surface area contributed by atoms with Crippen molar-refractivity contribution in [3.05, 3.63) is 43.1 Å². The van der Waals surface area contributed by atoms with E-state index in [-0.39, 0.29) is 5.24 Å². The molecule has 3 rings (SSSR count). The van der Waals surface area contributed by atoms with Gasteiger partial charge in [-0.05, 0) is 29.1 Å². The highest BCUT2D eigenvalue weighted by atomic mass is 35.5. The van der Waals surface area contributed by atoms with Crippen LogP contribution >= 0.6 is 58.6 Å². The van der Waals surface area contributed by atoms with E-state index < -0.39 is 0 Å². The third-order valence-corrected chi connectivity index (χ3v) is 7.86. The number of carbonyl (C=O) groups is 1. The quantitative estimate of drug-likeness (QED) is 0.668. The Balaban J connectivity index is 1.84. The zero-order chi connectivity index (χ0) is 11.8. The minimum Gasteiger partial charge on any atom is -0.275 e. The Morgan fingerprint density at radius 2 is 1.65 bits per heavy atom. The highest BCUT2D eigenvalue weighted by Gasteiger charge is 2.25. The van der Waals surface area contributed by atoms with Gasteiger partial charge in [-0.25, -0.2) is 0 Å². The van der Waals surface area contributed by atoms with E-state index in [0.29, 0.717) is 4.91 Å². The zero-order valence-electron chi connectivity index (χ0n) is 8.31. The molecular formula is C11H5ClOS4. The maximum atomic E-state index is 11.1. The molecule has 1 nitrogen and oxygen atoms in total. The summed E-state index contributed by atoms with van der Waals surface area (Å²) in [5.41, 5.74) is 0. The van der Waals surface area contributed by atoms with Gasteiger partial charge in [-0.15, -0.1) is 0 Å². The number of benzene rings is 1. The zero-order valence-corrected chi connectivity index (χ0v) is 12.3. The van der Waals surface area contributed by atoms with Crippen LogP contribution in [-0.4, -0.2) is 5.24 Å². The Kier molecular flexibility index (Phi) is 3.54. The molecule has 0 saturated heterocycles. The number of rotatable bonds is 1. The summed E-state index contributed by atoms with van der Waals surface area (Å²) in [6.07, 6.45) is 0. The first-order chi connectivity index (χ1) is 8.24. The van der Waals surface area contributed by atoms with E-state index in [1.54, 1.807) is 35.3 Å². The summed E-state index contributed by atoms with van der Waals surface area (Å²) in [4.78, 5) is 14.2. The van der Waals surface area contributed by atoms with Crippen LogP contribution in [0.3, 0.4) is 0 Å². The Morgan fingerprint density at radius 1 is 1.00 bits per heavy atom. The van der Waals surface area contributed by atoms with E-state index in [0.717, 1.165) is 4.24 Å². The lowest BCUT2D eigenvalue weighted by molar-refractivity contribution is -0.107. The van der Waals surface area contributed by atoms with Crippen molar-refractivity contribution < 1.29 is 4.79 Å². The van der Waals surface area contributed by atoms with Crippen LogP contribution < -0.4 is 0 Å². The topological polar surface area (TPSA) is 17.1 Å². The number of hydrogen-bond acceptors (Lipinski definition) is 5. The predicted octanol–water partition coefficient (Wildman–Crippen LogP) is 5.10. The second-order valence-corrected chi connectivity index (χ2v) is 8.10. The summed E-state index contributed by atoms with van der Waals surface area (Å²) in [5, 5.41) is 1.45. The first-order valence-corrected chi connectivity index (χ1v) is 8.38. The molecule has 2 heterocycles. The first-order valence-electron chi connectivity index (χ1n) is 4.67. The smallest absolute Gasteiger partial charge is 0.259 e. The standard InChI is InChI=1S/C11H5ClOS4/c12-9(13)8-5-14-10(17-8)11-15-6-3-1-2-4-7(6)16-11/h1-5H. The second-order valence-electron chi connectivity index (χ2n) is 3.20. The molecule has 0 bridgehead atoms. The molecule has 0 aromatic heterocycles. The molecule has 2 aliphatic heterocycles. The van der Waals surface area contributed by atoms with Crippen molar-refractivity contribution in [1.29, 1.82) is 0 Å². The van der Waals surface area contributed by atoms with Crippen LogP contribution in [0.15, 0.2) is 52.8 Å². The van der Waals surface area contributed by atoms with Crippen LogP contribution in [-0.2, 0) is 4.79 Å². The fourth-order valence-electron chi connectivity index (χ4n) is 1.35. The van der Waals surface area contributed by atoms with Gasteiger partial charge in [-0.3, -0.25) is 4.79 Å². The highest BCUT2D eigenvalue weighted by molar-refractivity contribution is 8.32. The van der Waals surface area contributed by atoms with Gasteiger partial charge in [-0.1, -0.05) is 59.2 Å². The number of thioether (sulfide) groups is 4. The van der Waals surface area contributed by atoms with Crippen LogP contribution in [0.2, 0.25) is 0 Å². The van der Waals surface area contributed by atoms with E-state index in [1.807, 2.05) is 17.5 Å². The summed E-state index contributed by atoms with van der Waals surface area (Å²) in [7, 11) is 0. The van der Waals surface area contributed by atoms with Gasteiger partial charge in [-0.2, -0.15) is 0 Å². The largest absolute Gasteiger partial charge is 0.275 e. The molecule has 0 unspecified atom stereocenters. The van der Waals surface area contributed by atoms with Crippen molar-refractivity contribution in [2.24, 2.45) is 0 Å². The molecule has 2 aliphatic rings. The number of carbonyl (C=O) groups excluding carboxylic acids is 1. The van der Waals surface area contributed by atoms with Gasteiger partial charge in [0.05, 0.1) is 13.4 Å². The summed E-state index contributed by atoms with van der Waals surface area (Å²) in [5.74, 6) is 0. The molecule has 6 heteroatoms. The number of fused-ring (bicyclic) bond motifs is 1. The van der Waals surface area contributed by atoms with Crippen molar-refractivity contribution in [3.8, 4) is 0 Å². The maximum Gasteiger partial charge on any atom is 0.259 e. The molecular weight excluding hydrogens is 312 g/mol. The Morgan fingerprint density at radius 3 is 2.18 bits per heavy atom. The molecule has 0 fully saturated rings. The molecule has 0 amide bonds. The van der Waals surface area contributed by atoms with Gasteiger partial charge in [0.25, 0.3) is 5.24 Å². The summed E-state index contributed by atoms with van der Waals surface area (Å²) in [6, 6.07) is 8.32. The van der Waals surface area contributed by atoms with Gasteiger partial charge in [0.2, 0.25) is 0 Å². The minimum absolute atomic E-state index is 0.372. The molecule has 0 spiro atoms. The van der Waals surface area contributed by atoms with E-state index in [2.05, 4.69) is 12.1 Å². The molecule has 0 atom stereocenters. The minimum atomic E-state index is -0.372. The maximum absolute atomic E-state index is 11.1. The summed E-state index contributed by atoms with van der Waals surface area (Å²) < 4.78 is 2.39. The van der Waals surface area contributed by atoms with Crippen LogP contribution in [0.4, 0.5) is 0 Å². The van der Waals surface area contributed by atoms with Gasteiger partial charge in [0.1, 0.15) is 0 Å². The van der Waals surface area contributed by atoms with Gasteiger partial charge >= 0.3 is 0 Å².